The number of nitrogen functional groups attached to an aromatic ring is 1. The molecule has 1 aromatic rings. The van der Waals surface area contributed by atoms with Gasteiger partial charge in [-0.15, -0.1) is 0 Å². The summed E-state index contributed by atoms with van der Waals surface area (Å²) in [5, 5.41) is 4.50. The second-order valence-electron chi connectivity index (χ2n) is 8.34. The van der Waals surface area contributed by atoms with E-state index >= 15 is 0 Å². The van der Waals surface area contributed by atoms with Gasteiger partial charge in [-0.2, -0.15) is 5.10 Å². The van der Waals surface area contributed by atoms with Crippen LogP contribution < -0.4 is 5.73 Å². The summed E-state index contributed by atoms with van der Waals surface area (Å²) in [6, 6.07) is 0.0919. The Kier molecular flexibility index (Phi) is 5.83. The summed E-state index contributed by atoms with van der Waals surface area (Å²) >= 11 is 0. The van der Waals surface area contributed by atoms with Crippen molar-refractivity contribution in [1.29, 1.82) is 0 Å². The summed E-state index contributed by atoms with van der Waals surface area (Å²) in [5.74, 6) is -0.123. The van der Waals surface area contributed by atoms with E-state index in [2.05, 4.69) is 5.10 Å². The van der Waals surface area contributed by atoms with Crippen molar-refractivity contribution in [3.8, 4) is 0 Å². The van der Waals surface area contributed by atoms with E-state index in [1.165, 1.54) is 7.11 Å². The van der Waals surface area contributed by atoms with Crippen LogP contribution in [-0.2, 0) is 14.2 Å². The first-order valence-electron chi connectivity index (χ1n) is 9.73. The molecule has 0 aliphatic carbocycles. The first kappa shape index (κ1) is 20.4. The van der Waals surface area contributed by atoms with Gasteiger partial charge in [0.25, 0.3) is 0 Å². The molecule has 9 nitrogen and oxygen atoms in total. The van der Waals surface area contributed by atoms with E-state index in [1.807, 2.05) is 20.8 Å². The molecule has 9 heteroatoms. The maximum absolute atomic E-state index is 12.4. The van der Waals surface area contributed by atoms with E-state index in [0.717, 1.165) is 12.8 Å². The standard InChI is InChI=1S/C19H30N4O5/c1-19(2,3)28-18(25)22-8-5-12(11-22)14-15(17(24)26-4)21-23(16(14)20)13-6-9-27-10-7-13/h12-13H,5-11,20H2,1-4H3. The van der Waals surface area contributed by atoms with Crippen molar-refractivity contribution in [3.63, 3.8) is 0 Å². The van der Waals surface area contributed by atoms with Crippen molar-refractivity contribution in [2.45, 2.75) is 57.6 Å². The van der Waals surface area contributed by atoms with Crippen LogP contribution in [0.4, 0.5) is 10.6 Å². The van der Waals surface area contributed by atoms with Gasteiger partial charge in [-0.1, -0.05) is 0 Å². The molecule has 0 saturated carbocycles. The lowest BCUT2D eigenvalue weighted by atomic mass is 9.97. The minimum Gasteiger partial charge on any atom is -0.464 e. The van der Waals surface area contributed by atoms with Gasteiger partial charge >= 0.3 is 12.1 Å². The average molecular weight is 394 g/mol. The monoisotopic (exact) mass is 394 g/mol. The van der Waals surface area contributed by atoms with Crippen LogP contribution in [0.5, 0.6) is 0 Å². The number of hydrogen-bond donors (Lipinski definition) is 1. The van der Waals surface area contributed by atoms with Gasteiger partial charge in [-0.3, -0.25) is 0 Å². The quantitative estimate of drug-likeness (QED) is 0.784. The number of amides is 1. The fourth-order valence-electron chi connectivity index (χ4n) is 3.81. The van der Waals surface area contributed by atoms with Crippen molar-refractivity contribution in [3.05, 3.63) is 11.3 Å². The minimum atomic E-state index is -0.556. The summed E-state index contributed by atoms with van der Waals surface area (Å²) in [6.45, 7) is 7.77. The van der Waals surface area contributed by atoms with E-state index < -0.39 is 11.6 Å². The molecule has 3 rings (SSSR count). The van der Waals surface area contributed by atoms with Gasteiger partial charge in [0.05, 0.1) is 13.2 Å². The summed E-state index contributed by atoms with van der Waals surface area (Å²) < 4.78 is 17.5. The number of esters is 1. The first-order valence-corrected chi connectivity index (χ1v) is 9.73. The van der Waals surface area contributed by atoms with Crippen molar-refractivity contribution < 1.29 is 23.8 Å². The lowest BCUT2D eigenvalue weighted by molar-refractivity contribution is 0.0292. The zero-order valence-electron chi connectivity index (χ0n) is 17.1. The van der Waals surface area contributed by atoms with Gasteiger partial charge in [0.2, 0.25) is 0 Å². The highest BCUT2D eigenvalue weighted by Crippen LogP contribution is 2.37. The summed E-state index contributed by atoms with van der Waals surface area (Å²) in [6.07, 6.45) is 1.92. The van der Waals surface area contributed by atoms with Crippen molar-refractivity contribution in [2.24, 2.45) is 0 Å². The molecular weight excluding hydrogens is 364 g/mol. The molecule has 0 aromatic carbocycles. The Balaban J connectivity index is 1.85. The molecule has 1 aromatic heterocycles. The molecular formula is C19H30N4O5. The van der Waals surface area contributed by atoms with E-state index in [-0.39, 0.29) is 23.7 Å². The molecule has 28 heavy (non-hydrogen) atoms. The molecule has 0 radical (unpaired) electrons. The zero-order chi connectivity index (χ0) is 20.5. The smallest absolute Gasteiger partial charge is 0.410 e. The number of likely N-dealkylation sites (tertiary alicyclic amines) is 1. The summed E-state index contributed by atoms with van der Waals surface area (Å²) in [7, 11) is 1.33. The third-order valence-electron chi connectivity index (χ3n) is 5.15. The van der Waals surface area contributed by atoms with Crippen LogP contribution in [0.2, 0.25) is 0 Å². The van der Waals surface area contributed by atoms with Crippen LogP contribution in [0.3, 0.4) is 0 Å². The SMILES string of the molecule is COC(=O)c1nn(C2CCOCC2)c(N)c1C1CCN(C(=O)OC(C)(C)C)C1. The lowest BCUT2D eigenvalue weighted by Crippen LogP contribution is -2.35. The maximum atomic E-state index is 12.4. The Bertz CT molecular complexity index is 733. The molecule has 2 N–H and O–H groups in total. The third-order valence-corrected chi connectivity index (χ3v) is 5.15. The number of methoxy groups -OCH3 is 1. The van der Waals surface area contributed by atoms with Crippen LogP contribution >= 0.6 is 0 Å². The van der Waals surface area contributed by atoms with Crippen molar-refractivity contribution >= 4 is 17.9 Å². The minimum absolute atomic E-state index is 0.0878. The molecule has 2 fully saturated rings. The van der Waals surface area contributed by atoms with Crippen LogP contribution in [0.15, 0.2) is 0 Å². The number of rotatable bonds is 3. The highest BCUT2D eigenvalue weighted by molar-refractivity contribution is 5.90. The van der Waals surface area contributed by atoms with E-state index in [1.54, 1.807) is 9.58 Å². The van der Waals surface area contributed by atoms with E-state index in [4.69, 9.17) is 19.9 Å². The Hall–Kier alpha value is -2.29. The van der Waals surface area contributed by atoms with Crippen molar-refractivity contribution in [1.82, 2.24) is 14.7 Å². The second-order valence-corrected chi connectivity index (χ2v) is 8.34. The van der Waals surface area contributed by atoms with Gasteiger partial charge in [0.1, 0.15) is 11.4 Å². The molecule has 156 valence electrons. The first-order chi connectivity index (χ1) is 13.2. The summed E-state index contributed by atoms with van der Waals surface area (Å²) in [4.78, 5) is 26.4. The molecule has 2 aliphatic rings. The maximum Gasteiger partial charge on any atom is 0.410 e. The fourth-order valence-corrected chi connectivity index (χ4v) is 3.81. The van der Waals surface area contributed by atoms with Gasteiger partial charge in [0.15, 0.2) is 5.69 Å². The van der Waals surface area contributed by atoms with Gasteiger partial charge in [-0.05, 0) is 40.0 Å². The topological polar surface area (TPSA) is 109 Å². The molecule has 0 spiro atoms. The van der Waals surface area contributed by atoms with Gasteiger partial charge in [0, 0.05) is 37.8 Å². The molecule has 0 bridgehead atoms. The molecule has 3 heterocycles. The van der Waals surface area contributed by atoms with E-state index in [9.17, 15) is 9.59 Å². The second kappa shape index (κ2) is 7.98. The van der Waals surface area contributed by atoms with Crippen LogP contribution in [0.25, 0.3) is 0 Å². The highest BCUT2D eigenvalue weighted by Gasteiger charge is 2.37. The molecule has 1 unspecified atom stereocenters. The lowest BCUT2D eigenvalue weighted by Gasteiger charge is -2.24. The fraction of sp³-hybridized carbons (Fsp3) is 0.737. The Labute approximate surface area is 165 Å². The number of carbonyl (C=O) groups excluding carboxylic acids is 2. The zero-order valence-corrected chi connectivity index (χ0v) is 17.1. The van der Waals surface area contributed by atoms with Crippen LogP contribution in [-0.4, -0.2) is 65.8 Å². The van der Waals surface area contributed by atoms with Crippen molar-refractivity contribution in [2.75, 3.05) is 39.1 Å². The molecule has 2 aliphatic heterocycles. The Morgan fingerprint density at radius 3 is 2.50 bits per heavy atom. The van der Waals surface area contributed by atoms with Crippen LogP contribution in [0, 0.1) is 0 Å². The summed E-state index contributed by atoms with van der Waals surface area (Å²) in [5.41, 5.74) is 6.80. The predicted molar refractivity (Wildman–Crippen MR) is 102 cm³/mol. The largest absolute Gasteiger partial charge is 0.464 e. The highest BCUT2D eigenvalue weighted by atomic mass is 16.6. The average Bonchev–Trinajstić information content (AvgIpc) is 3.25. The number of carbonyl (C=O) groups is 2. The van der Waals surface area contributed by atoms with Crippen LogP contribution in [0.1, 0.15) is 68.0 Å². The number of nitrogens with zero attached hydrogens (tertiary/aromatic N) is 3. The van der Waals surface area contributed by atoms with E-state index in [0.29, 0.717) is 44.1 Å². The number of ether oxygens (including phenoxy) is 3. The number of hydrogen-bond acceptors (Lipinski definition) is 7. The number of anilines is 1. The Morgan fingerprint density at radius 1 is 1.21 bits per heavy atom. The Morgan fingerprint density at radius 2 is 1.89 bits per heavy atom. The number of aromatic nitrogens is 2. The third kappa shape index (κ3) is 4.24. The predicted octanol–water partition coefficient (Wildman–Crippen LogP) is 2.33. The van der Waals surface area contributed by atoms with Gasteiger partial charge < -0.3 is 24.8 Å². The van der Waals surface area contributed by atoms with Gasteiger partial charge in [-0.25, -0.2) is 14.3 Å². The normalized spacial score (nSPS) is 21.0. The molecule has 1 amide bonds. The number of nitrogens with two attached hydrogens (primary N) is 1. The molecule has 1 atom stereocenters. The molecule has 2 saturated heterocycles.